The lowest BCUT2D eigenvalue weighted by Gasteiger charge is -2.07. The molecule has 0 aromatic heterocycles. The van der Waals surface area contributed by atoms with Crippen molar-refractivity contribution >= 4 is 22.2 Å². The van der Waals surface area contributed by atoms with Crippen LogP contribution in [0, 0.1) is 0 Å². The Labute approximate surface area is 187 Å². The first-order chi connectivity index (χ1) is 15.5. The number of nitrogens with one attached hydrogen (secondary N) is 1. The Bertz CT molecular complexity index is 1140. The molecule has 8 heteroatoms. The number of benzene rings is 3. The van der Waals surface area contributed by atoms with E-state index >= 15 is 0 Å². The van der Waals surface area contributed by atoms with Gasteiger partial charge in [-0.3, -0.25) is 0 Å². The second-order valence-corrected chi connectivity index (χ2v) is 8.51. The van der Waals surface area contributed by atoms with Crippen molar-refractivity contribution in [3.63, 3.8) is 0 Å². The summed E-state index contributed by atoms with van der Waals surface area (Å²) in [7, 11) is -3.72. The van der Waals surface area contributed by atoms with E-state index < -0.39 is 16.0 Å². The highest BCUT2D eigenvalue weighted by atomic mass is 32.2. The third kappa shape index (κ3) is 6.68. The van der Waals surface area contributed by atoms with E-state index in [1.165, 1.54) is 18.3 Å². The molecule has 166 valence electrons. The van der Waals surface area contributed by atoms with Crippen molar-refractivity contribution in [1.82, 2.24) is 4.83 Å². The summed E-state index contributed by atoms with van der Waals surface area (Å²) in [6, 6.07) is 21.3. The van der Waals surface area contributed by atoms with E-state index in [2.05, 4.69) is 16.9 Å². The zero-order valence-corrected chi connectivity index (χ0v) is 18.4. The number of ether oxygens (including phenoxy) is 2. The third-order valence-electron chi connectivity index (χ3n) is 4.39. The SMILES string of the molecule is CCCCOc1ccc(C(=O)Oc2ccc(C=NNS(=O)(=O)c3ccccc3)cc2)cc1. The van der Waals surface area contributed by atoms with E-state index in [1.54, 1.807) is 66.7 Å². The van der Waals surface area contributed by atoms with E-state index in [0.717, 1.165) is 12.8 Å². The molecule has 3 rings (SSSR count). The predicted molar refractivity (Wildman–Crippen MR) is 123 cm³/mol. The molecular formula is C24H24N2O5S. The second kappa shape index (κ2) is 11.1. The quantitative estimate of drug-likeness (QED) is 0.162. The van der Waals surface area contributed by atoms with Gasteiger partial charge < -0.3 is 9.47 Å². The van der Waals surface area contributed by atoms with Crippen LogP contribution in [-0.2, 0) is 10.0 Å². The van der Waals surface area contributed by atoms with Crippen LogP contribution in [0.25, 0.3) is 0 Å². The molecule has 0 aliphatic rings. The number of sulfonamides is 1. The molecule has 0 saturated carbocycles. The van der Waals surface area contributed by atoms with Gasteiger partial charge in [0.1, 0.15) is 11.5 Å². The summed E-state index contributed by atoms with van der Waals surface area (Å²) in [4.78, 5) is 14.6. The van der Waals surface area contributed by atoms with Crippen LogP contribution in [0.5, 0.6) is 11.5 Å². The van der Waals surface area contributed by atoms with Crippen molar-refractivity contribution in [2.24, 2.45) is 5.10 Å². The van der Waals surface area contributed by atoms with Gasteiger partial charge >= 0.3 is 5.97 Å². The third-order valence-corrected chi connectivity index (χ3v) is 5.63. The van der Waals surface area contributed by atoms with Crippen LogP contribution in [0.4, 0.5) is 0 Å². The van der Waals surface area contributed by atoms with Gasteiger partial charge in [0.05, 0.1) is 23.3 Å². The second-order valence-electron chi connectivity index (χ2n) is 6.85. The molecule has 3 aromatic rings. The minimum atomic E-state index is -3.72. The number of unbranched alkanes of at least 4 members (excludes halogenated alkanes) is 1. The van der Waals surface area contributed by atoms with Crippen molar-refractivity contribution in [3.8, 4) is 11.5 Å². The largest absolute Gasteiger partial charge is 0.494 e. The maximum atomic E-state index is 12.3. The molecule has 0 spiro atoms. The molecule has 0 unspecified atom stereocenters. The molecular weight excluding hydrogens is 428 g/mol. The summed E-state index contributed by atoms with van der Waals surface area (Å²) < 4.78 is 35.2. The summed E-state index contributed by atoms with van der Waals surface area (Å²) in [5.74, 6) is 0.587. The molecule has 0 amide bonds. The lowest BCUT2D eigenvalue weighted by molar-refractivity contribution is 0.0734. The van der Waals surface area contributed by atoms with Gasteiger partial charge in [-0.15, -0.1) is 0 Å². The van der Waals surface area contributed by atoms with Crippen LogP contribution >= 0.6 is 0 Å². The Balaban J connectivity index is 1.54. The number of nitrogens with zero attached hydrogens (tertiary/aromatic N) is 1. The summed E-state index contributed by atoms with van der Waals surface area (Å²) in [6.07, 6.45) is 3.39. The summed E-state index contributed by atoms with van der Waals surface area (Å²) in [6.45, 7) is 2.73. The maximum Gasteiger partial charge on any atom is 0.343 e. The van der Waals surface area contributed by atoms with Crippen molar-refractivity contribution in [2.45, 2.75) is 24.7 Å². The molecule has 1 N–H and O–H groups in total. The Morgan fingerprint density at radius 3 is 2.25 bits per heavy atom. The minimum absolute atomic E-state index is 0.125. The van der Waals surface area contributed by atoms with E-state index in [0.29, 0.717) is 29.2 Å². The number of esters is 1. The number of rotatable bonds is 10. The fourth-order valence-electron chi connectivity index (χ4n) is 2.63. The van der Waals surface area contributed by atoms with Gasteiger partial charge in [0.2, 0.25) is 0 Å². The molecule has 3 aromatic carbocycles. The average molecular weight is 453 g/mol. The fraction of sp³-hybridized carbons (Fsp3) is 0.167. The van der Waals surface area contributed by atoms with Gasteiger partial charge in [0, 0.05) is 0 Å². The van der Waals surface area contributed by atoms with Crippen LogP contribution in [-0.4, -0.2) is 27.2 Å². The first-order valence-electron chi connectivity index (χ1n) is 10.1. The first kappa shape index (κ1) is 23.0. The number of hydrazone groups is 1. The number of hydrogen-bond donors (Lipinski definition) is 1. The number of hydrogen-bond acceptors (Lipinski definition) is 6. The molecule has 0 radical (unpaired) electrons. The van der Waals surface area contributed by atoms with Gasteiger partial charge in [-0.25, -0.2) is 9.63 Å². The van der Waals surface area contributed by atoms with Gasteiger partial charge in [0.25, 0.3) is 10.0 Å². The van der Waals surface area contributed by atoms with Crippen LogP contribution in [0.1, 0.15) is 35.7 Å². The molecule has 0 aliphatic carbocycles. The van der Waals surface area contributed by atoms with Crippen LogP contribution < -0.4 is 14.3 Å². The highest BCUT2D eigenvalue weighted by molar-refractivity contribution is 7.89. The first-order valence-corrected chi connectivity index (χ1v) is 11.6. The smallest absolute Gasteiger partial charge is 0.343 e. The number of carbonyl (C=O) groups excluding carboxylic acids is 1. The molecule has 0 atom stereocenters. The Kier molecular flexibility index (Phi) is 7.99. The van der Waals surface area contributed by atoms with Crippen molar-refractivity contribution in [2.75, 3.05) is 6.61 Å². The van der Waals surface area contributed by atoms with E-state index in [9.17, 15) is 13.2 Å². The zero-order valence-electron chi connectivity index (χ0n) is 17.6. The van der Waals surface area contributed by atoms with E-state index in [-0.39, 0.29) is 4.90 Å². The molecule has 0 fully saturated rings. The van der Waals surface area contributed by atoms with Crippen molar-refractivity contribution in [3.05, 3.63) is 90.0 Å². The normalized spacial score (nSPS) is 11.3. The fourth-order valence-corrected chi connectivity index (χ4v) is 3.44. The highest BCUT2D eigenvalue weighted by Crippen LogP contribution is 2.17. The van der Waals surface area contributed by atoms with Crippen LogP contribution in [0.2, 0.25) is 0 Å². The van der Waals surface area contributed by atoms with E-state index in [4.69, 9.17) is 9.47 Å². The topological polar surface area (TPSA) is 94.1 Å². The molecule has 0 heterocycles. The molecule has 32 heavy (non-hydrogen) atoms. The Morgan fingerprint density at radius 1 is 0.938 bits per heavy atom. The van der Waals surface area contributed by atoms with Crippen LogP contribution in [0.3, 0.4) is 0 Å². The number of carbonyl (C=O) groups is 1. The lowest BCUT2D eigenvalue weighted by Crippen LogP contribution is -2.18. The lowest BCUT2D eigenvalue weighted by atomic mass is 10.2. The van der Waals surface area contributed by atoms with Gasteiger partial charge in [0.15, 0.2) is 0 Å². The monoisotopic (exact) mass is 452 g/mol. The Morgan fingerprint density at radius 2 is 1.59 bits per heavy atom. The maximum absolute atomic E-state index is 12.3. The van der Waals surface area contributed by atoms with Gasteiger partial charge in [-0.1, -0.05) is 31.5 Å². The van der Waals surface area contributed by atoms with Crippen LogP contribution in [0.15, 0.2) is 88.9 Å². The minimum Gasteiger partial charge on any atom is -0.494 e. The molecule has 7 nitrogen and oxygen atoms in total. The standard InChI is InChI=1S/C24H24N2O5S/c1-2-3-17-30-21-15-11-20(12-16-21)24(27)31-22-13-9-19(10-14-22)18-25-26-32(28,29)23-7-5-4-6-8-23/h4-16,18,26H,2-3,17H2,1H3. The molecule has 0 bridgehead atoms. The van der Waals surface area contributed by atoms with Gasteiger partial charge in [-0.2, -0.15) is 13.5 Å². The summed E-state index contributed by atoms with van der Waals surface area (Å²) in [5.41, 5.74) is 1.04. The summed E-state index contributed by atoms with van der Waals surface area (Å²) >= 11 is 0. The summed E-state index contributed by atoms with van der Waals surface area (Å²) in [5, 5.41) is 3.78. The van der Waals surface area contributed by atoms with Crippen molar-refractivity contribution in [1.29, 1.82) is 0 Å². The molecule has 0 aliphatic heterocycles. The average Bonchev–Trinajstić information content (AvgIpc) is 2.81. The Hall–Kier alpha value is -3.65. The van der Waals surface area contributed by atoms with Crippen molar-refractivity contribution < 1.29 is 22.7 Å². The highest BCUT2D eigenvalue weighted by Gasteiger charge is 2.11. The zero-order chi connectivity index (χ0) is 22.8. The molecule has 0 saturated heterocycles. The van der Waals surface area contributed by atoms with Gasteiger partial charge in [-0.05, 0) is 72.6 Å². The predicted octanol–water partition coefficient (Wildman–Crippen LogP) is 4.40. The van der Waals surface area contributed by atoms with E-state index in [1.807, 2.05) is 0 Å².